The number of amides is 1. The summed E-state index contributed by atoms with van der Waals surface area (Å²) in [7, 11) is 0. The zero-order valence-electron chi connectivity index (χ0n) is 18.8. The van der Waals surface area contributed by atoms with Crippen molar-refractivity contribution >= 4 is 23.2 Å². The molecule has 0 spiro atoms. The molecule has 1 unspecified atom stereocenters. The van der Waals surface area contributed by atoms with Crippen LogP contribution in [0.2, 0.25) is 5.02 Å². The molecule has 3 aromatic rings. The SMILES string of the molecule is Cc1c(OC(C)c2ccc(CC(C)C)cc2)ccc(C(=O)Nc2ccc(Cl)cc2)c1C. The molecule has 0 aromatic heterocycles. The Morgan fingerprint density at radius 2 is 1.55 bits per heavy atom. The summed E-state index contributed by atoms with van der Waals surface area (Å²) in [6, 6.07) is 19.4. The van der Waals surface area contributed by atoms with Gasteiger partial charge in [0, 0.05) is 16.3 Å². The van der Waals surface area contributed by atoms with Gasteiger partial charge in [-0.2, -0.15) is 0 Å². The van der Waals surface area contributed by atoms with E-state index < -0.39 is 0 Å². The lowest BCUT2D eigenvalue weighted by Gasteiger charge is -2.19. The highest BCUT2D eigenvalue weighted by Crippen LogP contribution is 2.29. The monoisotopic (exact) mass is 435 g/mol. The molecule has 4 heteroatoms. The summed E-state index contributed by atoms with van der Waals surface area (Å²) in [5.74, 6) is 1.28. The normalized spacial score (nSPS) is 12.0. The summed E-state index contributed by atoms with van der Waals surface area (Å²) < 4.78 is 6.25. The first kappa shape index (κ1) is 22.9. The first-order valence-electron chi connectivity index (χ1n) is 10.7. The van der Waals surface area contributed by atoms with Gasteiger partial charge >= 0.3 is 0 Å². The Morgan fingerprint density at radius 3 is 2.16 bits per heavy atom. The van der Waals surface area contributed by atoms with Gasteiger partial charge in [0.05, 0.1) is 0 Å². The van der Waals surface area contributed by atoms with Crippen molar-refractivity contribution in [2.75, 3.05) is 5.32 Å². The number of anilines is 1. The van der Waals surface area contributed by atoms with Crippen molar-refractivity contribution < 1.29 is 9.53 Å². The zero-order valence-corrected chi connectivity index (χ0v) is 19.6. The van der Waals surface area contributed by atoms with E-state index in [1.807, 2.05) is 32.9 Å². The minimum Gasteiger partial charge on any atom is -0.486 e. The third kappa shape index (κ3) is 5.89. The maximum atomic E-state index is 12.8. The molecule has 162 valence electrons. The van der Waals surface area contributed by atoms with Gasteiger partial charge in [0.25, 0.3) is 5.91 Å². The number of ether oxygens (including phenoxy) is 1. The predicted octanol–water partition coefficient (Wildman–Crippen LogP) is 7.55. The molecular weight excluding hydrogens is 406 g/mol. The van der Waals surface area contributed by atoms with Gasteiger partial charge in [-0.3, -0.25) is 4.79 Å². The van der Waals surface area contributed by atoms with E-state index in [4.69, 9.17) is 16.3 Å². The Balaban J connectivity index is 1.72. The Labute approximate surface area is 190 Å². The number of nitrogens with one attached hydrogen (secondary N) is 1. The third-order valence-corrected chi connectivity index (χ3v) is 5.73. The number of carbonyl (C=O) groups is 1. The zero-order chi connectivity index (χ0) is 22.5. The summed E-state index contributed by atoms with van der Waals surface area (Å²) in [6.45, 7) is 10.4. The first-order chi connectivity index (χ1) is 14.7. The van der Waals surface area contributed by atoms with Crippen LogP contribution in [0.25, 0.3) is 0 Å². The highest BCUT2D eigenvalue weighted by Gasteiger charge is 2.16. The van der Waals surface area contributed by atoms with E-state index in [9.17, 15) is 4.79 Å². The van der Waals surface area contributed by atoms with Gasteiger partial charge in [0.2, 0.25) is 0 Å². The Kier molecular flexibility index (Phi) is 7.40. The van der Waals surface area contributed by atoms with Crippen LogP contribution in [0.3, 0.4) is 0 Å². The number of rotatable bonds is 7. The minimum atomic E-state index is -0.150. The van der Waals surface area contributed by atoms with Crippen LogP contribution in [-0.2, 0) is 6.42 Å². The van der Waals surface area contributed by atoms with Crippen molar-refractivity contribution in [3.63, 3.8) is 0 Å². The van der Waals surface area contributed by atoms with Crippen molar-refractivity contribution in [3.8, 4) is 5.75 Å². The average molecular weight is 436 g/mol. The molecule has 0 heterocycles. The predicted molar refractivity (Wildman–Crippen MR) is 129 cm³/mol. The molecule has 31 heavy (non-hydrogen) atoms. The van der Waals surface area contributed by atoms with Crippen molar-refractivity contribution in [2.24, 2.45) is 5.92 Å². The summed E-state index contributed by atoms with van der Waals surface area (Å²) in [5.41, 5.74) is 5.69. The van der Waals surface area contributed by atoms with Crippen LogP contribution < -0.4 is 10.1 Å². The van der Waals surface area contributed by atoms with E-state index in [2.05, 4.69) is 43.4 Å². The summed E-state index contributed by atoms with van der Waals surface area (Å²) in [6.07, 6.45) is 0.993. The number of halogens is 1. The molecule has 0 aliphatic heterocycles. The third-order valence-electron chi connectivity index (χ3n) is 5.48. The lowest BCUT2D eigenvalue weighted by Crippen LogP contribution is -2.14. The van der Waals surface area contributed by atoms with Gasteiger partial charge in [0.1, 0.15) is 11.9 Å². The van der Waals surface area contributed by atoms with Crippen LogP contribution in [0.1, 0.15) is 59.5 Å². The Bertz CT molecular complexity index is 1040. The second-order valence-electron chi connectivity index (χ2n) is 8.42. The summed E-state index contributed by atoms with van der Waals surface area (Å²) >= 11 is 5.92. The topological polar surface area (TPSA) is 38.3 Å². The van der Waals surface area contributed by atoms with Crippen LogP contribution in [0.5, 0.6) is 5.75 Å². The minimum absolute atomic E-state index is 0.0834. The smallest absolute Gasteiger partial charge is 0.255 e. The van der Waals surface area contributed by atoms with Gasteiger partial charge in [-0.05, 0) is 91.8 Å². The molecule has 0 aliphatic rings. The van der Waals surface area contributed by atoms with Gasteiger partial charge in [0.15, 0.2) is 0 Å². The lowest BCUT2D eigenvalue weighted by atomic mass is 10.00. The van der Waals surface area contributed by atoms with Crippen LogP contribution in [0, 0.1) is 19.8 Å². The highest BCUT2D eigenvalue weighted by atomic mass is 35.5. The highest BCUT2D eigenvalue weighted by molar-refractivity contribution is 6.30. The second-order valence-corrected chi connectivity index (χ2v) is 8.86. The van der Waals surface area contributed by atoms with Crippen molar-refractivity contribution in [1.29, 1.82) is 0 Å². The number of benzene rings is 3. The van der Waals surface area contributed by atoms with Gasteiger partial charge in [-0.25, -0.2) is 0 Å². The Morgan fingerprint density at radius 1 is 0.903 bits per heavy atom. The molecule has 3 nitrogen and oxygen atoms in total. The van der Waals surface area contributed by atoms with E-state index in [1.54, 1.807) is 24.3 Å². The molecule has 1 N–H and O–H groups in total. The fourth-order valence-electron chi connectivity index (χ4n) is 3.56. The molecule has 0 saturated heterocycles. The molecule has 3 rings (SSSR count). The molecule has 1 amide bonds. The molecule has 0 aliphatic carbocycles. The first-order valence-corrected chi connectivity index (χ1v) is 11.0. The van der Waals surface area contributed by atoms with Crippen LogP contribution in [0.15, 0.2) is 60.7 Å². The summed E-state index contributed by atoms with van der Waals surface area (Å²) in [4.78, 5) is 12.8. The molecule has 1 atom stereocenters. The van der Waals surface area contributed by atoms with Crippen molar-refractivity contribution in [2.45, 2.75) is 47.1 Å². The number of hydrogen-bond donors (Lipinski definition) is 1. The second kappa shape index (κ2) is 10.0. The van der Waals surface area contributed by atoms with E-state index in [0.29, 0.717) is 22.2 Å². The van der Waals surface area contributed by atoms with Gasteiger partial charge in [-0.15, -0.1) is 0 Å². The molecule has 0 fully saturated rings. The average Bonchev–Trinajstić information content (AvgIpc) is 2.73. The van der Waals surface area contributed by atoms with E-state index in [0.717, 1.165) is 28.9 Å². The van der Waals surface area contributed by atoms with Crippen molar-refractivity contribution in [1.82, 2.24) is 0 Å². The molecule has 3 aromatic carbocycles. The van der Waals surface area contributed by atoms with Gasteiger partial charge < -0.3 is 10.1 Å². The fourth-order valence-corrected chi connectivity index (χ4v) is 3.68. The van der Waals surface area contributed by atoms with Crippen molar-refractivity contribution in [3.05, 3.63) is 93.5 Å². The van der Waals surface area contributed by atoms with Crippen LogP contribution in [-0.4, -0.2) is 5.91 Å². The standard InChI is InChI=1S/C27H30ClNO2/c1-17(2)16-21-6-8-22(9-7-21)20(5)31-26-15-14-25(18(3)19(26)4)27(30)29-24-12-10-23(28)11-13-24/h6-15,17,20H,16H2,1-5H3,(H,29,30). The number of hydrogen-bond acceptors (Lipinski definition) is 2. The molecular formula is C27H30ClNO2. The Hall–Kier alpha value is -2.78. The van der Waals surface area contributed by atoms with Gasteiger partial charge in [-0.1, -0.05) is 49.7 Å². The van der Waals surface area contributed by atoms with Crippen LogP contribution in [0.4, 0.5) is 5.69 Å². The van der Waals surface area contributed by atoms with E-state index in [-0.39, 0.29) is 12.0 Å². The fraction of sp³-hybridized carbons (Fsp3) is 0.296. The number of carbonyl (C=O) groups excluding carboxylic acids is 1. The quantitative estimate of drug-likeness (QED) is 0.416. The maximum absolute atomic E-state index is 12.8. The largest absolute Gasteiger partial charge is 0.486 e. The molecule has 0 radical (unpaired) electrons. The maximum Gasteiger partial charge on any atom is 0.255 e. The summed E-state index contributed by atoms with van der Waals surface area (Å²) in [5, 5.41) is 3.55. The van der Waals surface area contributed by atoms with E-state index in [1.165, 1.54) is 5.56 Å². The molecule has 0 saturated carbocycles. The lowest BCUT2D eigenvalue weighted by molar-refractivity contribution is 0.102. The molecule has 0 bridgehead atoms. The van der Waals surface area contributed by atoms with E-state index >= 15 is 0 Å². The van der Waals surface area contributed by atoms with Crippen LogP contribution >= 0.6 is 11.6 Å².